The van der Waals surface area contributed by atoms with E-state index in [-0.39, 0.29) is 5.91 Å². The molecular formula is C16H27N3O. The number of amides is 1. The van der Waals surface area contributed by atoms with Gasteiger partial charge in [0.05, 0.1) is 0 Å². The molecule has 0 aliphatic carbocycles. The first kappa shape index (κ1) is 16.5. The number of hydrogen-bond acceptors (Lipinski definition) is 3. The first-order valence-electron chi connectivity index (χ1n) is 7.31. The molecule has 112 valence electrons. The molecule has 2 N–H and O–H groups in total. The molecule has 0 aliphatic heterocycles. The molecule has 0 fully saturated rings. The van der Waals surface area contributed by atoms with E-state index in [1.165, 1.54) is 0 Å². The number of carbonyl (C=O) groups is 1. The molecule has 0 aliphatic rings. The van der Waals surface area contributed by atoms with E-state index in [2.05, 4.69) is 36.4 Å². The van der Waals surface area contributed by atoms with E-state index in [4.69, 9.17) is 0 Å². The van der Waals surface area contributed by atoms with Crippen molar-refractivity contribution < 1.29 is 4.79 Å². The standard InChI is InChI=1S/C16H27N3O/c1-13(2)19(4)12-6-5-11-18-16(20)14-7-9-15(17-3)10-8-14/h7-10,13,17H,5-6,11-12H2,1-4H3,(H,18,20). The lowest BCUT2D eigenvalue weighted by molar-refractivity contribution is 0.0952. The summed E-state index contributed by atoms with van der Waals surface area (Å²) >= 11 is 0. The normalized spacial score (nSPS) is 10.9. The fourth-order valence-electron chi connectivity index (χ4n) is 1.84. The predicted molar refractivity (Wildman–Crippen MR) is 85.3 cm³/mol. The average molecular weight is 277 g/mol. The van der Waals surface area contributed by atoms with Crippen molar-refractivity contribution in [1.82, 2.24) is 10.2 Å². The van der Waals surface area contributed by atoms with Crippen molar-refractivity contribution in [3.63, 3.8) is 0 Å². The van der Waals surface area contributed by atoms with Crippen molar-refractivity contribution in [2.75, 3.05) is 32.5 Å². The highest BCUT2D eigenvalue weighted by molar-refractivity contribution is 5.94. The number of unbranched alkanes of at least 4 members (excludes halogenated alkanes) is 1. The van der Waals surface area contributed by atoms with Gasteiger partial charge < -0.3 is 15.5 Å². The van der Waals surface area contributed by atoms with Gasteiger partial charge in [-0.25, -0.2) is 0 Å². The lowest BCUT2D eigenvalue weighted by Crippen LogP contribution is -2.29. The summed E-state index contributed by atoms with van der Waals surface area (Å²) in [5.74, 6) is 0.00451. The van der Waals surface area contributed by atoms with Gasteiger partial charge in [0.25, 0.3) is 5.91 Å². The molecule has 1 amide bonds. The maximum atomic E-state index is 11.9. The lowest BCUT2D eigenvalue weighted by atomic mass is 10.2. The van der Waals surface area contributed by atoms with Crippen LogP contribution in [0.5, 0.6) is 0 Å². The van der Waals surface area contributed by atoms with Gasteiger partial charge >= 0.3 is 0 Å². The quantitative estimate of drug-likeness (QED) is 0.718. The van der Waals surface area contributed by atoms with Crippen LogP contribution in [0.1, 0.15) is 37.0 Å². The first-order chi connectivity index (χ1) is 9.54. The van der Waals surface area contributed by atoms with Crippen LogP contribution in [-0.2, 0) is 0 Å². The zero-order valence-corrected chi connectivity index (χ0v) is 13.1. The van der Waals surface area contributed by atoms with Crippen LogP contribution < -0.4 is 10.6 Å². The summed E-state index contributed by atoms with van der Waals surface area (Å²) in [6.07, 6.45) is 2.12. The van der Waals surface area contributed by atoms with Crippen LogP contribution in [0.25, 0.3) is 0 Å². The van der Waals surface area contributed by atoms with Crippen molar-refractivity contribution in [2.45, 2.75) is 32.7 Å². The average Bonchev–Trinajstić information content (AvgIpc) is 2.46. The third-order valence-electron chi connectivity index (χ3n) is 3.54. The van der Waals surface area contributed by atoms with Gasteiger partial charge in [0.15, 0.2) is 0 Å². The second-order valence-corrected chi connectivity index (χ2v) is 5.36. The smallest absolute Gasteiger partial charge is 0.251 e. The molecule has 4 heteroatoms. The van der Waals surface area contributed by atoms with Gasteiger partial charge in [0.1, 0.15) is 0 Å². The Bertz CT molecular complexity index is 401. The molecule has 1 rings (SSSR count). The summed E-state index contributed by atoms with van der Waals surface area (Å²) in [7, 11) is 4.00. The number of nitrogens with one attached hydrogen (secondary N) is 2. The van der Waals surface area contributed by atoms with Gasteiger partial charge in [-0.2, -0.15) is 0 Å². The van der Waals surface area contributed by atoms with Crippen LogP contribution in [0.15, 0.2) is 24.3 Å². The van der Waals surface area contributed by atoms with Crippen molar-refractivity contribution >= 4 is 11.6 Å². The van der Waals surface area contributed by atoms with Gasteiger partial charge in [-0.15, -0.1) is 0 Å². The van der Waals surface area contributed by atoms with E-state index in [1.807, 2.05) is 31.3 Å². The molecule has 0 unspecified atom stereocenters. The van der Waals surface area contributed by atoms with Crippen LogP contribution in [0.2, 0.25) is 0 Å². The van der Waals surface area contributed by atoms with Crippen LogP contribution >= 0.6 is 0 Å². The summed E-state index contributed by atoms with van der Waals surface area (Å²) in [5.41, 5.74) is 1.72. The van der Waals surface area contributed by atoms with Gasteiger partial charge in [0, 0.05) is 30.9 Å². The molecule has 0 atom stereocenters. The molecule has 4 nitrogen and oxygen atoms in total. The Morgan fingerprint density at radius 2 is 1.85 bits per heavy atom. The van der Waals surface area contributed by atoms with Crippen LogP contribution in [0.4, 0.5) is 5.69 Å². The van der Waals surface area contributed by atoms with Crippen molar-refractivity contribution in [3.8, 4) is 0 Å². The number of hydrogen-bond donors (Lipinski definition) is 2. The van der Waals surface area contributed by atoms with Gasteiger partial charge in [-0.1, -0.05) is 0 Å². The fourth-order valence-corrected chi connectivity index (χ4v) is 1.84. The van der Waals surface area contributed by atoms with Crippen molar-refractivity contribution in [2.24, 2.45) is 0 Å². The topological polar surface area (TPSA) is 44.4 Å². The zero-order chi connectivity index (χ0) is 15.0. The minimum Gasteiger partial charge on any atom is -0.388 e. The van der Waals surface area contributed by atoms with Crippen LogP contribution in [0.3, 0.4) is 0 Å². The van der Waals surface area contributed by atoms with Gasteiger partial charge in [0.2, 0.25) is 0 Å². The van der Waals surface area contributed by atoms with E-state index in [0.29, 0.717) is 11.6 Å². The van der Waals surface area contributed by atoms with E-state index in [1.54, 1.807) is 0 Å². The number of anilines is 1. The Balaban J connectivity index is 2.22. The molecule has 0 spiro atoms. The monoisotopic (exact) mass is 277 g/mol. The molecule has 0 saturated carbocycles. The Morgan fingerprint density at radius 3 is 2.40 bits per heavy atom. The molecule has 1 aromatic rings. The highest BCUT2D eigenvalue weighted by Crippen LogP contribution is 2.08. The maximum absolute atomic E-state index is 11.9. The molecule has 0 bridgehead atoms. The molecule has 0 saturated heterocycles. The molecule has 0 radical (unpaired) electrons. The Morgan fingerprint density at radius 1 is 1.20 bits per heavy atom. The highest BCUT2D eigenvalue weighted by atomic mass is 16.1. The van der Waals surface area contributed by atoms with Gasteiger partial charge in [-0.3, -0.25) is 4.79 Å². The van der Waals surface area contributed by atoms with E-state index < -0.39 is 0 Å². The summed E-state index contributed by atoms with van der Waals surface area (Å²) < 4.78 is 0. The van der Waals surface area contributed by atoms with Crippen molar-refractivity contribution in [1.29, 1.82) is 0 Å². The highest BCUT2D eigenvalue weighted by Gasteiger charge is 2.05. The molecule has 20 heavy (non-hydrogen) atoms. The SMILES string of the molecule is CNc1ccc(C(=O)NCCCCN(C)C(C)C)cc1. The second kappa shape index (κ2) is 8.59. The summed E-state index contributed by atoms with van der Waals surface area (Å²) in [6, 6.07) is 8.08. The number of rotatable bonds is 8. The minimum atomic E-state index is 0.00451. The molecular weight excluding hydrogens is 250 g/mol. The Hall–Kier alpha value is -1.55. The summed E-state index contributed by atoms with van der Waals surface area (Å²) in [6.45, 7) is 6.19. The maximum Gasteiger partial charge on any atom is 0.251 e. The Labute approximate surface area is 122 Å². The van der Waals surface area contributed by atoms with Crippen LogP contribution in [0, 0.1) is 0 Å². The third-order valence-corrected chi connectivity index (χ3v) is 3.54. The third kappa shape index (κ3) is 5.61. The number of benzene rings is 1. The predicted octanol–water partition coefficient (Wildman–Crippen LogP) is 2.58. The van der Waals surface area contributed by atoms with E-state index >= 15 is 0 Å². The Kier molecular flexibility index (Phi) is 7.09. The number of nitrogens with zero attached hydrogens (tertiary/aromatic N) is 1. The van der Waals surface area contributed by atoms with E-state index in [9.17, 15) is 4.79 Å². The number of carbonyl (C=O) groups excluding carboxylic acids is 1. The van der Waals surface area contributed by atoms with Crippen LogP contribution in [-0.4, -0.2) is 44.0 Å². The minimum absolute atomic E-state index is 0.00451. The van der Waals surface area contributed by atoms with Crippen molar-refractivity contribution in [3.05, 3.63) is 29.8 Å². The summed E-state index contributed by atoms with van der Waals surface area (Å²) in [4.78, 5) is 14.2. The zero-order valence-electron chi connectivity index (χ0n) is 13.1. The largest absolute Gasteiger partial charge is 0.388 e. The van der Waals surface area contributed by atoms with Gasteiger partial charge in [-0.05, 0) is 64.5 Å². The first-order valence-corrected chi connectivity index (χ1v) is 7.31. The lowest BCUT2D eigenvalue weighted by Gasteiger charge is -2.20. The summed E-state index contributed by atoms with van der Waals surface area (Å²) in [5, 5.41) is 6.00. The van der Waals surface area contributed by atoms with E-state index in [0.717, 1.165) is 31.6 Å². The molecule has 0 aromatic heterocycles. The second-order valence-electron chi connectivity index (χ2n) is 5.36. The fraction of sp³-hybridized carbons (Fsp3) is 0.562. The molecule has 1 aromatic carbocycles. The molecule has 0 heterocycles.